The summed E-state index contributed by atoms with van der Waals surface area (Å²) >= 11 is 0. The molecule has 0 radical (unpaired) electrons. The molecule has 1 aliphatic heterocycles. The van der Waals surface area contributed by atoms with E-state index in [0.717, 1.165) is 33.8 Å². The number of hydrogen-bond acceptors (Lipinski definition) is 4. The lowest BCUT2D eigenvalue weighted by Gasteiger charge is -2.20. The fourth-order valence-electron chi connectivity index (χ4n) is 4.36. The van der Waals surface area contributed by atoms with E-state index in [1.807, 2.05) is 55.8 Å². The molecule has 1 unspecified atom stereocenters. The molecule has 1 N–H and O–H groups in total. The van der Waals surface area contributed by atoms with Crippen molar-refractivity contribution >= 4 is 21.6 Å². The van der Waals surface area contributed by atoms with Gasteiger partial charge in [0.05, 0.1) is 17.1 Å². The molecule has 7 nitrogen and oxygen atoms in total. The van der Waals surface area contributed by atoms with Crippen molar-refractivity contribution in [2.45, 2.75) is 58.1 Å². The van der Waals surface area contributed by atoms with Crippen LogP contribution in [0.25, 0.3) is 0 Å². The Morgan fingerprint density at radius 1 is 1.12 bits per heavy atom. The number of carbonyl (C=O) groups is 1. The zero-order chi connectivity index (χ0) is 23.0. The lowest BCUT2D eigenvalue weighted by molar-refractivity contribution is -0.116. The third-order valence-electron chi connectivity index (χ3n) is 5.81. The van der Waals surface area contributed by atoms with Crippen LogP contribution in [0.1, 0.15) is 41.9 Å². The standard InChI is InChI=1S/C24H28N4O3S/c1-16-10-17(2)27(26-16)15-21-7-5-6-20(12-21)14-25-32(30,31)23-8-9-24-22(13-23)11-18(3)28(24)19(4)29/h5-10,12-13,18,25H,11,14-15H2,1-4H3. The number of aryl methyl sites for hydroxylation is 2. The summed E-state index contributed by atoms with van der Waals surface area (Å²) < 4.78 is 30.5. The first-order chi connectivity index (χ1) is 15.1. The average molecular weight is 453 g/mol. The van der Waals surface area contributed by atoms with Crippen molar-refractivity contribution in [1.29, 1.82) is 0 Å². The smallest absolute Gasteiger partial charge is 0.240 e. The van der Waals surface area contributed by atoms with Crippen molar-refractivity contribution < 1.29 is 13.2 Å². The zero-order valence-electron chi connectivity index (χ0n) is 18.8. The second-order valence-corrected chi connectivity index (χ2v) is 10.2. The number of benzene rings is 2. The molecule has 32 heavy (non-hydrogen) atoms. The molecule has 1 aliphatic rings. The molecule has 1 amide bonds. The summed E-state index contributed by atoms with van der Waals surface area (Å²) in [5.74, 6) is -0.0367. The number of aromatic nitrogens is 2. The van der Waals surface area contributed by atoms with E-state index < -0.39 is 10.0 Å². The van der Waals surface area contributed by atoms with Crippen LogP contribution < -0.4 is 9.62 Å². The van der Waals surface area contributed by atoms with E-state index in [4.69, 9.17) is 0 Å². The van der Waals surface area contributed by atoms with Gasteiger partial charge in [0.25, 0.3) is 0 Å². The number of anilines is 1. The van der Waals surface area contributed by atoms with Crippen LogP contribution in [0.3, 0.4) is 0 Å². The Morgan fingerprint density at radius 2 is 1.88 bits per heavy atom. The van der Waals surface area contributed by atoms with E-state index in [1.54, 1.807) is 23.1 Å². The summed E-state index contributed by atoms with van der Waals surface area (Å²) in [5, 5.41) is 4.49. The van der Waals surface area contributed by atoms with Crippen LogP contribution in [0, 0.1) is 13.8 Å². The number of amides is 1. The predicted octanol–water partition coefficient (Wildman–Crippen LogP) is 3.32. The van der Waals surface area contributed by atoms with Crippen molar-refractivity contribution in [3.8, 4) is 0 Å². The van der Waals surface area contributed by atoms with Crippen LogP contribution >= 0.6 is 0 Å². The molecule has 0 aliphatic carbocycles. The van der Waals surface area contributed by atoms with Crippen molar-refractivity contribution in [3.05, 3.63) is 76.6 Å². The van der Waals surface area contributed by atoms with E-state index >= 15 is 0 Å². The SMILES string of the molecule is CC(=O)N1c2ccc(S(=O)(=O)NCc3cccc(Cn4nc(C)cc4C)c3)cc2CC1C. The second-order valence-electron chi connectivity index (χ2n) is 8.46. The number of carbonyl (C=O) groups excluding carboxylic acids is 1. The second kappa shape index (κ2) is 8.52. The third kappa shape index (κ3) is 4.47. The quantitative estimate of drug-likeness (QED) is 0.622. The van der Waals surface area contributed by atoms with E-state index in [1.165, 1.54) is 6.92 Å². The minimum atomic E-state index is -3.68. The third-order valence-corrected chi connectivity index (χ3v) is 7.21. The van der Waals surface area contributed by atoms with Crippen molar-refractivity contribution in [2.75, 3.05) is 4.90 Å². The molecule has 168 valence electrons. The first kappa shape index (κ1) is 22.2. The van der Waals surface area contributed by atoms with Gasteiger partial charge in [-0.3, -0.25) is 9.48 Å². The number of hydrogen-bond donors (Lipinski definition) is 1. The van der Waals surface area contributed by atoms with Gasteiger partial charge in [0.2, 0.25) is 15.9 Å². The molecular formula is C24H28N4O3S. The van der Waals surface area contributed by atoms with E-state index in [2.05, 4.69) is 9.82 Å². The van der Waals surface area contributed by atoms with Gasteiger partial charge in [0, 0.05) is 30.9 Å². The minimum Gasteiger partial charge on any atom is -0.309 e. The zero-order valence-corrected chi connectivity index (χ0v) is 19.6. The van der Waals surface area contributed by atoms with Gasteiger partial charge in [0.1, 0.15) is 0 Å². The predicted molar refractivity (Wildman–Crippen MR) is 124 cm³/mol. The monoisotopic (exact) mass is 452 g/mol. The Morgan fingerprint density at radius 3 is 2.56 bits per heavy atom. The maximum atomic E-state index is 12.9. The highest BCUT2D eigenvalue weighted by Gasteiger charge is 2.30. The molecule has 0 fully saturated rings. The molecule has 0 spiro atoms. The molecule has 0 bridgehead atoms. The number of sulfonamides is 1. The van der Waals surface area contributed by atoms with Gasteiger partial charge in [-0.1, -0.05) is 24.3 Å². The molecule has 1 atom stereocenters. The van der Waals surface area contributed by atoms with Crippen molar-refractivity contribution in [2.24, 2.45) is 0 Å². The lowest BCUT2D eigenvalue weighted by Crippen LogP contribution is -2.33. The molecular weight excluding hydrogens is 424 g/mol. The van der Waals surface area contributed by atoms with Crippen LogP contribution in [-0.2, 0) is 34.3 Å². The highest BCUT2D eigenvalue weighted by molar-refractivity contribution is 7.89. The summed E-state index contributed by atoms with van der Waals surface area (Å²) in [6, 6.07) is 14.9. The Balaban J connectivity index is 1.48. The number of rotatable bonds is 6. The topological polar surface area (TPSA) is 84.3 Å². The highest BCUT2D eigenvalue weighted by atomic mass is 32.2. The summed E-state index contributed by atoms with van der Waals surface area (Å²) in [6.45, 7) is 8.31. The van der Waals surface area contributed by atoms with Crippen LogP contribution in [0.15, 0.2) is 53.4 Å². The summed E-state index contributed by atoms with van der Waals surface area (Å²) in [4.78, 5) is 13.8. The van der Waals surface area contributed by atoms with Crippen LogP contribution in [-0.4, -0.2) is 30.1 Å². The van der Waals surface area contributed by atoms with Gasteiger partial charge in [-0.25, -0.2) is 13.1 Å². The molecule has 0 saturated carbocycles. The lowest BCUT2D eigenvalue weighted by atomic mass is 10.1. The van der Waals surface area contributed by atoms with E-state index in [-0.39, 0.29) is 23.4 Å². The maximum absolute atomic E-state index is 12.9. The average Bonchev–Trinajstić information content (AvgIpc) is 3.23. The first-order valence-corrected chi connectivity index (χ1v) is 12.1. The summed E-state index contributed by atoms with van der Waals surface area (Å²) in [5.41, 5.74) is 5.67. The van der Waals surface area contributed by atoms with Gasteiger partial charge in [-0.2, -0.15) is 5.10 Å². The van der Waals surface area contributed by atoms with Crippen molar-refractivity contribution in [3.63, 3.8) is 0 Å². The van der Waals surface area contributed by atoms with Crippen LogP contribution in [0.2, 0.25) is 0 Å². The van der Waals surface area contributed by atoms with Gasteiger partial charge in [-0.15, -0.1) is 0 Å². The fourth-order valence-corrected chi connectivity index (χ4v) is 5.43. The molecule has 2 heterocycles. The molecule has 1 aromatic heterocycles. The highest BCUT2D eigenvalue weighted by Crippen LogP contribution is 2.33. The largest absolute Gasteiger partial charge is 0.309 e. The van der Waals surface area contributed by atoms with E-state index in [0.29, 0.717) is 13.0 Å². The molecule has 3 aromatic rings. The summed E-state index contributed by atoms with van der Waals surface area (Å²) in [7, 11) is -3.68. The minimum absolute atomic E-state index is 0.0263. The van der Waals surface area contributed by atoms with Crippen LogP contribution in [0.5, 0.6) is 0 Å². The van der Waals surface area contributed by atoms with Gasteiger partial charge in [-0.05, 0) is 68.1 Å². The van der Waals surface area contributed by atoms with E-state index in [9.17, 15) is 13.2 Å². The fraction of sp³-hybridized carbons (Fsp3) is 0.333. The van der Waals surface area contributed by atoms with Gasteiger partial charge >= 0.3 is 0 Å². The Hall–Kier alpha value is -2.97. The number of nitrogens with zero attached hydrogens (tertiary/aromatic N) is 3. The maximum Gasteiger partial charge on any atom is 0.240 e. The molecule has 0 saturated heterocycles. The number of fused-ring (bicyclic) bond motifs is 1. The van der Waals surface area contributed by atoms with Gasteiger partial charge < -0.3 is 4.90 Å². The molecule has 4 rings (SSSR count). The molecule has 2 aromatic carbocycles. The molecule has 8 heteroatoms. The Labute approximate surface area is 189 Å². The Kier molecular flexibility index (Phi) is 5.92. The summed E-state index contributed by atoms with van der Waals surface area (Å²) in [6.07, 6.45) is 0.645. The number of nitrogens with one attached hydrogen (secondary N) is 1. The van der Waals surface area contributed by atoms with Crippen molar-refractivity contribution in [1.82, 2.24) is 14.5 Å². The van der Waals surface area contributed by atoms with Crippen LogP contribution in [0.4, 0.5) is 5.69 Å². The first-order valence-electron chi connectivity index (χ1n) is 10.7. The normalized spacial score (nSPS) is 15.8. The van der Waals surface area contributed by atoms with Gasteiger partial charge in [0.15, 0.2) is 0 Å². The Bertz CT molecular complexity index is 1280.